The maximum Gasteiger partial charge on any atom is 0.256 e. The van der Waals surface area contributed by atoms with Crippen LogP contribution >= 0.6 is 0 Å². The van der Waals surface area contributed by atoms with Gasteiger partial charge in [0.2, 0.25) is 11.8 Å². The van der Waals surface area contributed by atoms with Crippen LogP contribution in [0.25, 0.3) is 0 Å². The SMILES string of the molecule is CN(C)C(=O)CC1NC(=O)c2c(N)cccc2NC1=O. The third-order valence-electron chi connectivity index (χ3n) is 3.08. The molecule has 2 rings (SSSR count). The second-order valence-electron chi connectivity index (χ2n) is 4.78. The fraction of sp³-hybridized carbons (Fsp3) is 0.308. The number of nitrogen functional groups attached to an aromatic ring is 1. The highest BCUT2D eigenvalue weighted by Gasteiger charge is 2.30. The van der Waals surface area contributed by atoms with Gasteiger partial charge in [-0.25, -0.2) is 0 Å². The second kappa shape index (κ2) is 5.20. The summed E-state index contributed by atoms with van der Waals surface area (Å²) < 4.78 is 0. The van der Waals surface area contributed by atoms with Gasteiger partial charge in [-0.3, -0.25) is 14.4 Å². The molecule has 20 heavy (non-hydrogen) atoms. The topological polar surface area (TPSA) is 105 Å². The molecule has 0 aromatic heterocycles. The lowest BCUT2D eigenvalue weighted by Gasteiger charge is -2.16. The van der Waals surface area contributed by atoms with E-state index in [-0.39, 0.29) is 23.6 Å². The Hall–Kier alpha value is -2.57. The van der Waals surface area contributed by atoms with E-state index in [1.54, 1.807) is 32.3 Å². The number of carbonyl (C=O) groups is 3. The number of nitrogens with zero attached hydrogens (tertiary/aromatic N) is 1. The van der Waals surface area contributed by atoms with Gasteiger partial charge >= 0.3 is 0 Å². The number of hydrogen-bond acceptors (Lipinski definition) is 4. The van der Waals surface area contributed by atoms with Gasteiger partial charge in [0.05, 0.1) is 17.7 Å². The summed E-state index contributed by atoms with van der Waals surface area (Å²) in [6.07, 6.45) is -0.0987. The monoisotopic (exact) mass is 276 g/mol. The Balaban J connectivity index is 2.28. The molecule has 7 heteroatoms. The van der Waals surface area contributed by atoms with Crippen molar-refractivity contribution in [2.45, 2.75) is 12.5 Å². The Morgan fingerprint density at radius 2 is 2.05 bits per heavy atom. The highest BCUT2D eigenvalue weighted by Crippen LogP contribution is 2.24. The van der Waals surface area contributed by atoms with Crippen molar-refractivity contribution in [2.24, 2.45) is 0 Å². The van der Waals surface area contributed by atoms with Crippen LogP contribution in [0.2, 0.25) is 0 Å². The van der Waals surface area contributed by atoms with Crippen LogP contribution in [0.5, 0.6) is 0 Å². The highest BCUT2D eigenvalue weighted by atomic mass is 16.2. The van der Waals surface area contributed by atoms with E-state index in [2.05, 4.69) is 10.6 Å². The van der Waals surface area contributed by atoms with Crippen molar-refractivity contribution in [2.75, 3.05) is 25.1 Å². The van der Waals surface area contributed by atoms with Crippen LogP contribution in [0.15, 0.2) is 18.2 Å². The lowest BCUT2D eigenvalue weighted by atomic mass is 10.1. The van der Waals surface area contributed by atoms with Gasteiger partial charge in [-0.2, -0.15) is 0 Å². The molecule has 0 saturated carbocycles. The Morgan fingerprint density at radius 1 is 1.35 bits per heavy atom. The molecule has 1 aliphatic rings. The number of amides is 3. The van der Waals surface area contributed by atoms with E-state index in [1.165, 1.54) is 4.90 Å². The summed E-state index contributed by atoms with van der Waals surface area (Å²) in [6, 6.07) is 3.91. The van der Waals surface area contributed by atoms with Crippen LogP contribution in [0.3, 0.4) is 0 Å². The fourth-order valence-electron chi connectivity index (χ4n) is 1.94. The summed E-state index contributed by atoms with van der Waals surface area (Å²) in [6.45, 7) is 0. The molecule has 0 spiro atoms. The fourth-order valence-corrected chi connectivity index (χ4v) is 1.94. The number of rotatable bonds is 2. The van der Waals surface area contributed by atoms with E-state index in [4.69, 9.17) is 5.73 Å². The van der Waals surface area contributed by atoms with Gasteiger partial charge in [-0.05, 0) is 12.1 Å². The average molecular weight is 276 g/mol. The Labute approximate surface area is 116 Å². The predicted molar refractivity (Wildman–Crippen MR) is 74.0 cm³/mol. The zero-order valence-corrected chi connectivity index (χ0v) is 11.3. The molecule has 0 aliphatic carbocycles. The lowest BCUT2D eigenvalue weighted by molar-refractivity contribution is -0.131. The van der Waals surface area contributed by atoms with Crippen molar-refractivity contribution in [1.82, 2.24) is 10.2 Å². The lowest BCUT2D eigenvalue weighted by Crippen LogP contribution is -2.44. The summed E-state index contributed by atoms with van der Waals surface area (Å²) >= 11 is 0. The normalized spacial score (nSPS) is 17.6. The van der Waals surface area contributed by atoms with E-state index in [9.17, 15) is 14.4 Å². The van der Waals surface area contributed by atoms with E-state index in [0.29, 0.717) is 5.69 Å². The average Bonchev–Trinajstić information content (AvgIpc) is 2.48. The van der Waals surface area contributed by atoms with Crippen molar-refractivity contribution < 1.29 is 14.4 Å². The first-order valence-corrected chi connectivity index (χ1v) is 6.10. The van der Waals surface area contributed by atoms with Gasteiger partial charge in [0.1, 0.15) is 6.04 Å². The summed E-state index contributed by atoms with van der Waals surface area (Å²) in [5.41, 5.74) is 6.61. The number of carbonyl (C=O) groups excluding carboxylic acids is 3. The zero-order valence-electron chi connectivity index (χ0n) is 11.3. The van der Waals surface area contributed by atoms with Gasteiger partial charge in [0, 0.05) is 19.8 Å². The molecule has 0 bridgehead atoms. The molecular weight excluding hydrogens is 260 g/mol. The van der Waals surface area contributed by atoms with Crippen LogP contribution in [0, 0.1) is 0 Å². The molecule has 1 atom stereocenters. The third kappa shape index (κ3) is 2.56. The van der Waals surface area contributed by atoms with Crippen molar-refractivity contribution in [3.8, 4) is 0 Å². The molecule has 106 valence electrons. The van der Waals surface area contributed by atoms with Crippen LogP contribution in [-0.2, 0) is 9.59 Å². The Kier molecular flexibility index (Phi) is 3.60. The maximum atomic E-state index is 12.1. The third-order valence-corrected chi connectivity index (χ3v) is 3.08. The molecule has 7 nitrogen and oxygen atoms in total. The van der Waals surface area contributed by atoms with Gasteiger partial charge in [-0.1, -0.05) is 6.07 Å². The molecular formula is C13H16N4O3. The molecule has 1 aromatic rings. The van der Waals surface area contributed by atoms with Crippen LogP contribution in [0.1, 0.15) is 16.8 Å². The standard InChI is InChI=1S/C13H16N4O3/c1-17(2)10(18)6-9-12(19)15-8-5-3-4-7(14)11(8)13(20)16-9/h3-5,9H,6,14H2,1-2H3,(H,15,19)(H,16,20). The molecule has 1 aromatic carbocycles. The second-order valence-corrected chi connectivity index (χ2v) is 4.78. The first-order chi connectivity index (χ1) is 9.40. The first kappa shape index (κ1) is 13.9. The van der Waals surface area contributed by atoms with Crippen molar-refractivity contribution in [1.29, 1.82) is 0 Å². The van der Waals surface area contributed by atoms with Gasteiger partial charge in [0.25, 0.3) is 5.91 Å². The summed E-state index contributed by atoms with van der Waals surface area (Å²) in [5.74, 6) is -1.14. The van der Waals surface area contributed by atoms with Gasteiger partial charge in [-0.15, -0.1) is 0 Å². The maximum absolute atomic E-state index is 12.1. The smallest absolute Gasteiger partial charge is 0.256 e. The minimum atomic E-state index is -0.913. The highest BCUT2D eigenvalue weighted by molar-refractivity contribution is 6.13. The molecule has 0 radical (unpaired) electrons. The number of nitrogens with one attached hydrogen (secondary N) is 2. The molecule has 4 N–H and O–H groups in total. The summed E-state index contributed by atoms with van der Waals surface area (Å²) in [4.78, 5) is 37.2. The van der Waals surface area contributed by atoms with Crippen molar-refractivity contribution in [3.63, 3.8) is 0 Å². The molecule has 1 heterocycles. The number of anilines is 2. The van der Waals surface area contributed by atoms with Gasteiger partial charge < -0.3 is 21.3 Å². The summed E-state index contributed by atoms with van der Waals surface area (Å²) in [5, 5.41) is 5.15. The quantitative estimate of drug-likeness (QED) is 0.650. The number of benzene rings is 1. The van der Waals surface area contributed by atoms with Crippen molar-refractivity contribution in [3.05, 3.63) is 23.8 Å². The molecule has 1 unspecified atom stereocenters. The van der Waals surface area contributed by atoms with E-state index >= 15 is 0 Å². The minimum Gasteiger partial charge on any atom is -0.398 e. The van der Waals surface area contributed by atoms with Crippen molar-refractivity contribution >= 4 is 29.1 Å². The number of fused-ring (bicyclic) bond motifs is 1. The molecule has 0 saturated heterocycles. The first-order valence-electron chi connectivity index (χ1n) is 6.10. The summed E-state index contributed by atoms with van der Waals surface area (Å²) in [7, 11) is 3.18. The van der Waals surface area contributed by atoms with E-state index in [1.807, 2.05) is 0 Å². The van der Waals surface area contributed by atoms with Crippen LogP contribution in [-0.4, -0.2) is 42.8 Å². The number of nitrogens with two attached hydrogens (primary N) is 1. The minimum absolute atomic E-state index is 0.0987. The zero-order chi connectivity index (χ0) is 14.9. The number of hydrogen-bond donors (Lipinski definition) is 3. The Bertz CT molecular complexity index is 583. The van der Waals surface area contributed by atoms with E-state index in [0.717, 1.165) is 0 Å². The predicted octanol–water partition coefficient (Wildman–Crippen LogP) is -0.202. The Morgan fingerprint density at radius 3 is 2.70 bits per heavy atom. The van der Waals surface area contributed by atoms with Gasteiger partial charge in [0.15, 0.2) is 0 Å². The van der Waals surface area contributed by atoms with E-state index < -0.39 is 17.9 Å². The molecule has 1 aliphatic heterocycles. The largest absolute Gasteiger partial charge is 0.398 e. The van der Waals surface area contributed by atoms with Crippen LogP contribution in [0.4, 0.5) is 11.4 Å². The molecule has 3 amide bonds. The molecule has 0 fully saturated rings. The van der Waals surface area contributed by atoms with Crippen LogP contribution < -0.4 is 16.4 Å².